The van der Waals surface area contributed by atoms with Crippen molar-refractivity contribution < 1.29 is 9.18 Å². The van der Waals surface area contributed by atoms with Crippen molar-refractivity contribution >= 4 is 5.78 Å². The second-order valence-corrected chi connectivity index (χ2v) is 3.33. The molecule has 0 aromatic heterocycles. The summed E-state index contributed by atoms with van der Waals surface area (Å²) in [6.45, 7) is 3.39. The molecule has 13 heavy (non-hydrogen) atoms. The standard InChI is InChI=1S/C11H13FO/c1-8(7-9(2)13)10-5-3-4-6-11(10)12/h3-6,8H,7H2,1-2H3. The fraction of sp³-hybridized carbons (Fsp3) is 0.364. The minimum Gasteiger partial charge on any atom is -0.300 e. The van der Waals surface area contributed by atoms with E-state index in [4.69, 9.17) is 0 Å². The number of ketones is 1. The van der Waals surface area contributed by atoms with E-state index in [9.17, 15) is 9.18 Å². The molecule has 0 fully saturated rings. The van der Waals surface area contributed by atoms with Gasteiger partial charge in [-0.05, 0) is 24.5 Å². The number of hydrogen-bond acceptors (Lipinski definition) is 1. The molecule has 1 nitrogen and oxygen atoms in total. The van der Waals surface area contributed by atoms with E-state index in [1.807, 2.05) is 6.92 Å². The Bertz CT molecular complexity index is 307. The number of carbonyl (C=O) groups excluding carboxylic acids is 1. The van der Waals surface area contributed by atoms with Gasteiger partial charge in [0.1, 0.15) is 11.6 Å². The molecule has 0 heterocycles. The van der Waals surface area contributed by atoms with E-state index in [1.165, 1.54) is 13.0 Å². The van der Waals surface area contributed by atoms with Gasteiger partial charge in [-0.25, -0.2) is 4.39 Å². The molecule has 1 aromatic rings. The van der Waals surface area contributed by atoms with Gasteiger partial charge in [0, 0.05) is 6.42 Å². The molecule has 0 aliphatic carbocycles. The highest BCUT2D eigenvalue weighted by molar-refractivity contribution is 5.76. The topological polar surface area (TPSA) is 17.1 Å². The van der Waals surface area contributed by atoms with E-state index in [1.54, 1.807) is 18.2 Å². The predicted octanol–water partition coefficient (Wildman–Crippen LogP) is 2.91. The number of carbonyl (C=O) groups is 1. The molecule has 0 aliphatic heterocycles. The molecule has 0 amide bonds. The molecule has 0 radical (unpaired) electrons. The van der Waals surface area contributed by atoms with E-state index in [0.717, 1.165) is 0 Å². The van der Waals surface area contributed by atoms with E-state index in [-0.39, 0.29) is 17.5 Å². The zero-order valence-electron chi connectivity index (χ0n) is 7.88. The molecule has 0 N–H and O–H groups in total. The number of benzene rings is 1. The fourth-order valence-electron chi connectivity index (χ4n) is 1.42. The van der Waals surface area contributed by atoms with Crippen molar-refractivity contribution in [1.29, 1.82) is 0 Å². The van der Waals surface area contributed by atoms with Crippen molar-refractivity contribution in [3.05, 3.63) is 35.6 Å². The van der Waals surface area contributed by atoms with Crippen molar-refractivity contribution in [2.24, 2.45) is 0 Å². The summed E-state index contributed by atoms with van der Waals surface area (Å²) in [6, 6.07) is 6.59. The summed E-state index contributed by atoms with van der Waals surface area (Å²) in [5.41, 5.74) is 0.623. The summed E-state index contributed by atoms with van der Waals surface area (Å²) < 4.78 is 13.2. The van der Waals surface area contributed by atoms with Gasteiger partial charge in [-0.15, -0.1) is 0 Å². The minimum atomic E-state index is -0.226. The van der Waals surface area contributed by atoms with Crippen LogP contribution in [-0.2, 0) is 4.79 Å². The maximum Gasteiger partial charge on any atom is 0.130 e. The molecule has 0 saturated heterocycles. The zero-order chi connectivity index (χ0) is 9.84. The Morgan fingerprint density at radius 2 is 2.08 bits per heavy atom. The van der Waals surface area contributed by atoms with Gasteiger partial charge in [0.25, 0.3) is 0 Å². The van der Waals surface area contributed by atoms with Gasteiger partial charge in [0.2, 0.25) is 0 Å². The molecule has 0 aliphatic rings. The molecule has 0 bridgehead atoms. The lowest BCUT2D eigenvalue weighted by molar-refractivity contribution is -0.117. The van der Waals surface area contributed by atoms with Crippen molar-refractivity contribution in [1.82, 2.24) is 0 Å². The maximum absolute atomic E-state index is 13.2. The molecular formula is C11H13FO. The first-order valence-electron chi connectivity index (χ1n) is 4.35. The van der Waals surface area contributed by atoms with Crippen LogP contribution in [0.4, 0.5) is 4.39 Å². The van der Waals surface area contributed by atoms with E-state index < -0.39 is 0 Å². The first kappa shape index (κ1) is 9.90. The molecule has 0 saturated carbocycles. The van der Waals surface area contributed by atoms with Crippen LogP contribution in [0, 0.1) is 5.82 Å². The summed E-state index contributed by atoms with van der Waals surface area (Å²) in [5, 5.41) is 0. The number of Topliss-reactive ketones (excluding diaryl/α,β-unsaturated/α-hetero) is 1. The highest BCUT2D eigenvalue weighted by Crippen LogP contribution is 2.21. The Labute approximate surface area is 77.6 Å². The SMILES string of the molecule is CC(=O)CC(C)c1ccccc1F. The van der Waals surface area contributed by atoms with Gasteiger partial charge in [-0.2, -0.15) is 0 Å². The Hall–Kier alpha value is -1.18. The van der Waals surface area contributed by atoms with Gasteiger partial charge in [0.05, 0.1) is 0 Å². The van der Waals surface area contributed by atoms with Gasteiger partial charge < -0.3 is 4.79 Å². The zero-order valence-corrected chi connectivity index (χ0v) is 7.88. The van der Waals surface area contributed by atoms with Gasteiger partial charge >= 0.3 is 0 Å². The van der Waals surface area contributed by atoms with E-state index in [0.29, 0.717) is 12.0 Å². The van der Waals surface area contributed by atoms with Crippen LogP contribution in [0.25, 0.3) is 0 Å². The van der Waals surface area contributed by atoms with Gasteiger partial charge in [-0.3, -0.25) is 0 Å². The number of halogens is 1. The third-order valence-corrected chi connectivity index (χ3v) is 2.03. The lowest BCUT2D eigenvalue weighted by atomic mass is 9.96. The second kappa shape index (κ2) is 4.17. The molecule has 1 atom stereocenters. The van der Waals surface area contributed by atoms with Crippen molar-refractivity contribution in [2.75, 3.05) is 0 Å². The molecule has 1 unspecified atom stereocenters. The minimum absolute atomic E-state index is 0.0290. The first-order valence-corrected chi connectivity index (χ1v) is 4.35. The van der Waals surface area contributed by atoms with Crippen molar-refractivity contribution in [3.8, 4) is 0 Å². The van der Waals surface area contributed by atoms with Gasteiger partial charge in [0.15, 0.2) is 0 Å². The summed E-state index contributed by atoms with van der Waals surface area (Å²) >= 11 is 0. The quantitative estimate of drug-likeness (QED) is 0.699. The molecule has 2 heteroatoms. The highest BCUT2D eigenvalue weighted by atomic mass is 19.1. The molecule has 70 valence electrons. The second-order valence-electron chi connectivity index (χ2n) is 3.33. The Morgan fingerprint density at radius 3 is 2.62 bits per heavy atom. The molecule has 1 rings (SSSR count). The van der Waals surface area contributed by atoms with Crippen LogP contribution in [0.15, 0.2) is 24.3 Å². The third kappa shape index (κ3) is 2.65. The van der Waals surface area contributed by atoms with Crippen LogP contribution in [0.5, 0.6) is 0 Å². The number of rotatable bonds is 3. The largest absolute Gasteiger partial charge is 0.300 e. The van der Waals surface area contributed by atoms with Crippen LogP contribution in [0.2, 0.25) is 0 Å². The third-order valence-electron chi connectivity index (χ3n) is 2.03. The predicted molar refractivity (Wildman–Crippen MR) is 50.1 cm³/mol. The van der Waals surface area contributed by atoms with Crippen LogP contribution in [-0.4, -0.2) is 5.78 Å². The van der Waals surface area contributed by atoms with E-state index >= 15 is 0 Å². The smallest absolute Gasteiger partial charge is 0.130 e. The normalized spacial score (nSPS) is 12.5. The summed E-state index contributed by atoms with van der Waals surface area (Å²) in [5.74, 6) is -0.161. The van der Waals surface area contributed by atoms with Crippen molar-refractivity contribution in [3.63, 3.8) is 0 Å². The lowest BCUT2D eigenvalue weighted by Gasteiger charge is -2.10. The maximum atomic E-state index is 13.2. The summed E-state index contributed by atoms with van der Waals surface area (Å²) in [6.07, 6.45) is 0.404. The Kier molecular flexibility index (Phi) is 3.18. The fourth-order valence-corrected chi connectivity index (χ4v) is 1.42. The van der Waals surface area contributed by atoms with Crippen LogP contribution < -0.4 is 0 Å². The lowest BCUT2D eigenvalue weighted by Crippen LogP contribution is -2.02. The molecule has 0 spiro atoms. The average Bonchev–Trinajstić information content (AvgIpc) is 2.03. The summed E-state index contributed by atoms with van der Waals surface area (Å²) in [7, 11) is 0. The first-order chi connectivity index (χ1) is 6.11. The summed E-state index contributed by atoms with van der Waals surface area (Å²) in [4.78, 5) is 10.8. The average molecular weight is 180 g/mol. The van der Waals surface area contributed by atoms with Gasteiger partial charge in [-0.1, -0.05) is 25.1 Å². The molecule has 1 aromatic carbocycles. The Morgan fingerprint density at radius 1 is 1.46 bits per heavy atom. The van der Waals surface area contributed by atoms with Crippen LogP contribution in [0.1, 0.15) is 31.7 Å². The monoisotopic (exact) mass is 180 g/mol. The molecular weight excluding hydrogens is 167 g/mol. The highest BCUT2D eigenvalue weighted by Gasteiger charge is 2.11. The van der Waals surface area contributed by atoms with Crippen LogP contribution >= 0.6 is 0 Å². The van der Waals surface area contributed by atoms with Crippen molar-refractivity contribution in [2.45, 2.75) is 26.2 Å². The Balaban J connectivity index is 2.82. The van der Waals surface area contributed by atoms with E-state index in [2.05, 4.69) is 0 Å². The number of hydrogen-bond donors (Lipinski definition) is 0. The van der Waals surface area contributed by atoms with Crippen LogP contribution in [0.3, 0.4) is 0 Å².